The second kappa shape index (κ2) is 7.92. The molecule has 0 saturated heterocycles. The quantitative estimate of drug-likeness (QED) is 0.705. The number of hydrogen-bond acceptors (Lipinski definition) is 5. The molecule has 2 heterocycles. The van der Waals surface area contributed by atoms with Crippen LogP contribution in [0.3, 0.4) is 0 Å². The molecule has 2 aromatic heterocycles. The summed E-state index contributed by atoms with van der Waals surface area (Å²) in [5, 5.41) is 6.42. The van der Waals surface area contributed by atoms with Crippen molar-refractivity contribution in [1.29, 1.82) is 0 Å². The average Bonchev–Trinajstić information content (AvgIpc) is 2.65. The fourth-order valence-corrected chi connectivity index (χ4v) is 2.40. The van der Waals surface area contributed by atoms with Crippen molar-refractivity contribution in [3.63, 3.8) is 0 Å². The molecule has 0 aliphatic carbocycles. The van der Waals surface area contributed by atoms with Gasteiger partial charge in [0.2, 0.25) is 0 Å². The summed E-state index contributed by atoms with van der Waals surface area (Å²) < 4.78 is 0. The molecule has 0 aliphatic rings. The minimum Gasteiger partial charge on any atom is -0.364 e. The average molecular weight is 374 g/mol. The molecule has 3 aromatic rings. The van der Waals surface area contributed by atoms with Crippen molar-refractivity contribution >= 4 is 40.6 Å². The molecule has 8 heteroatoms. The van der Waals surface area contributed by atoms with Crippen molar-refractivity contribution in [1.82, 2.24) is 15.0 Å². The fraction of sp³-hybridized carbons (Fsp3) is 0.0588. The van der Waals surface area contributed by atoms with Gasteiger partial charge in [0.25, 0.3) is 5.91 Å². The topological polar surface area (TPSA) is 79.8 Å². The first-order chi connectivity index (χ1) is 12.1. The highest BCUT2D eigenvalue weighted by molar-refractivity contribution is 6.44. The Bertz CT molecular complexity index is 889. The zero-order valence-electron chi connectivity index (χ0n) is 12.9. The van der Waals surface area contributed by atoms with E-state index in [1.807, 2.05) is 18.2 Å². The molecule has 0 saturated carbocycles. The van der Waals surface area contributed by atoms with Crippen molar-refractivity contribution in [3.05, 3.63) is 76.4 Å². The Hall–Kier alpha value is -2.70. The monoisotopic (exact) mass is 373 g/mol. The van der Waals surface area contributed by atoms with Crippen molar-refractivity contribution in [3.8, 4) is 0 Å². The van der Waals surface area contributed by atoms with Crippen molar-refractivity contribution in [2.75, 3.05) is 10.6 Å². The highest BCUT2D eigenvalue weighted by Gasteiger charge is 2.12. The predicted octanol–water partition coefficient (Wildman–Crippen LogP) is 4.04. The number of hydrogen-bond donors (Lipinski definition) is 2. The number of halogens is 2. The minimum atomic E-state index is -0.410. The van der Waals surface area contributed by atoms with E-state index in [1.54, 1.807) is 30.5 Å². The number of rotatable bonds is 5. The maximum Gasteiger partial charge on any atom is 0.274 e. The molecule has 126 valence electrons. The van der Waals surface area contributed by atoms with E-state index in [0.29, 0.717) is 23.1 Å². The Kier molecular flexibility index (Phi) is 5.42. The molecule has 1 aromatic carbocycles. The lowest BCUT2D eigenvalue weighted by atomic mass is 10.3. The molecular formula is C17H13Cl2N5O. The van der Waals surface area contributed by atoms with Crippen LogP contribution in [0.4, 0.5) is 11.5 Å². The van der Waals surface area contributed by atoms with E-state index in [1.165, 1.54) is 6.33 Å². The molecule has 0 radical (unpaired) electrons. The number of nitrogens with zero attached hydrogens (tertiary/aromatic N) is 3. The molecule has 0 atom stereocenters. The Morgan fingerprint density at radius 2 is 1.92 bits per heavy atom. The number of aromatic nitrogens is 3. The Balaban J connectivity index is 1.70. The summed E-state index contributed by atoms with van der Waals surface area (Å²) in [5.41, 5.74) is 1.48. The molecule has 0 spiro atoms. The van der Waals surface area contributed by atoms with Crippen LogP contribution in [0.5, 0.6) is 0 Å². The van der Waals surface area contributed by atoms with Crippen LogP contribution >= 0.6 is 23.2 Å². The Labute approximate surface area is 154 Å². The van der Waals surface area contributed by atoms with Crippen molar-refractivity contribution in [2.24, 2.45) is 0 Å². The summed E-state index contributed by atoms with van der Waals surface area (Å²) in [6, 6.07) is 12.2. The third-order valence-corrected chi connectivity index (χ3v) is 4.10. The largest absolute Gasteiger partial charge is 0.364 e. The van der Waals surface area contributed by atoms with Gasteiger partial charge in [-0.1, -0.05) is 35.3 Å². The predicted molar refractivity (Wildman–Crippen MR) is 98.0 cm³/mol. The number of carbonyl (C=O) groups excluding carboxylic acids is 1. The van der Waals surface area contributed by atoms with Gasteiger partial charge in [-0.15, -0.1) is 0 Å². The number of anilines is 2. The lowest BCUT2D eigenvalue weighted by Crippen LogP contribution is -2.15. The molecule has 0 bridgehead atoms. The SMILES string of the molecule is O=C(Nc1cccc(Cl)c1Cl)c1cc(NCc2ccccn2)ncn1. The molecule has 0 fully saturated rings. The molecule has 25 heavy (non-hydrogen) atoms. The first kappa shape index (κ1) is 17.1. The fourth-order valence-electron chi connectivity index (χ4n) is 2.05. The van der Waals surface area contributed by atoms with E-state index in [2.05, 4.69) is 25.6 Å². The number of amides is 1. The highest BCUT2D eigenvalue weighted by atomic mass is 35.5. The van der Waals surface area contributed by atoms with Crippen LogP contribution in [-0.4, -0.2) is 20.9 Å². The first-order valence-electron chi connectivity index (χ1n) is 7.34. The van der Waals surface area contributed by atoms with Crippen LogP contribution in [0.25, 0.3) is 0 Å². The van der Waals surface area contributed by atoms with E-state index in [0.717, 1.165) is 5.69 Å². The van der Waals surface area contributed by atoms with Crippen LogP contribution in [0, 0.1) is 0 Å². The van der Waals surface area contributed by atoms with Crippen molar-refractivity contribution in [2.45, 2.75) is 6.54 Å². The third-order valence-electron chi connectivity index (χ3n) is 3.28. The molecule has 0 unspecified atom stereocenters. The highest BCUT2D eigenvalue weighted by Crippen LogP contribution is 2.29. The third kappa shape index (κ3) is 4.43. The van der Waals surface area contributed by atoms with Gasteiger partial charge in [0.05, 0.1) is 28.0 Å². The Morgan fingerprint density at radius 1 is 1.04 bits per heavy atom. The first-order valence-corrected chi connectivity index (χ1v) is 8.10. The second-order valence-electron chi connectivity index (χ2n) is 5.02. The Morgan fingerprint density at radius 3 is 2.72 bits per heavy atom. The molecule has 2 N–H and O–H groups in total. The van der Waals surface area contributed by atoms with Crippen LogP contribution < -0.4 is 10.6 Å². The lowest BCUT2D eigenvalue weighted by molar-refractivity contribution is 0.102. The minimum absolute atomic E-state index is 0.203. The number of nitrogens with one attached hydrogen (secondary N) is 2. The zero-order valence-corrected chi connectivity index (χ0v) is 14.4. The van der Waals surface area contributed by atoms with Gasteiger partial charge in [-0.25, -0.2) is 9.97 Å². The number of pyridine rings is 1. The molecule has 0 aliphatic heterocycles. The van der Waals surface area contributed by atoms with Crippen LogP contribution in [0.1, 0.15) is 16.2 Å². The van der Waals surface area contributed by atoms with Gasteiger partial charge in [0.15, 0.2) is 0 Å². The molecular weight excluding hydrogens is 361 g/mol. The normalized spacial score (nSPS) is 10.3. The molecule has 1 amide bonds. The van der Waals surface area contributed by atoms with Gasteiger partial charge in [0.1, 0.15) is 17.8 Å². The smallest absolute Gasteiger partial charge is 0.274 e. The zero-order chi connectivity index (χ0) is 17.6. The summed E-state index contributed by atoms with van der Waals surface area (Å²) in [7, 11) is 0. The van der Waals surface area contributed by atoms with Gasteiger partial charge in [-0.2, -0.15) is 0 Å². The summed E-state index contributed by atoms with van der Waals surface area (Å²) in [5.74, 6) is 0.107. The summed E-state index contributed by atoms with van der Waals surface area (Å²) in [6.07, 6.45) is 3.03. The molecule has 6 nitrogen and oxygen atoms in total. The summed E-state index contributed by atoms with van der Waals surface area (Å²) in [4.78, 5) is 24.7. The number of carbonyl (C=O) groups is 1. The van der Waals surface area contributed by atoms with Crippen LogP contribution in [0.2, 0.25) is 10.0 Å². The van der Waals surface area contributed by atoms with Crippen LogP contribution in [0.15, 0.2) is 55.0 Å². The standard InChI is InChI=1S/C17H13Cl2N5O/c18-12-5-3-6-13(16(12)19)24-17(25)14-8-15(23-10-22-14)21-9-11-4-1-2-7-20-11/h1-8,10H,9H2,(H,24,25)(H,21,22,23). The maximum atomic E-state index is 12.4. The van der Waals surface area contributed by atoms with Crippen molar-refractivity contribution < 1.29 is 4.79 Å². The van der Waals surface area contributed by atoms with E-state index in [4.69, 9.17) is 23.2 Å². The maximum absolute atomic E-state index is 12.4. The van der Waals surface area contributed by atoms with E-state index >= 15 is 0 Å². The van der Waals surface area contributed by atoms with E-state index < -0.39 is 5.91 Å². The van der Waals surface area contributed by atoms with E-state index in [-0.39, 0.29) is 10.7 Å². The second-order valence-corrected chi connectivity index (χ2v) is 5.80. The van der Waals surface area contributed by atoms with Gasteiger partial charge in [0, 0.05) is 12.3 Å². The van der Waals surface area contributed by atoms with Crippen LogP contribution in [-0.2, 0) is 6.54 Å². The van der Waals surface area contributed by atoms with Gasteiger partial charge in [-0.05, 0) is 24.3 Å². The summed E-state index contributed by atoms with van der Waals surface area (Å²) >= 11 is 12.0. The van der Waals surface area contributed by atoms with Gasteiger partial charge in [-0.3, -0.25) is 9.78 Å². The van der Waals surface area contributed by atoms with E-state index in [9.17, 15) is 4.79 Å². The lowest BCUT2D eigenvalue weighted by Gasteiger charge is -2.09. The van der Waals surface area contributed by atoms with Gasteiger partial charge < -0.3 is 10.6 Å². The number of benzene rings is 1. The molecule has 3 rings (SSSR count). The van der Waals surface area contributed by atoms with Gasteiger partial charge >= 0.3 is 0 Å². The summed E-state index contributed by atoms with van der Waals surface area (Å²) in [6.45, 7) is 0.485.